The molecule has 0 aliphatic carbocycles. The number of benzene rings is 1. The SMILES string of the molecule is O=C(COc1ccccc1Cl)N(Cc1cccs1)[C@H]1CCS(=O)(=O)C1. The molecular weight excluding hydrogens is 382 g/mol. The van der Waals surface area contributed by atoms with Crippen LogP contribution in [0.1, 0.15) is 11.3 Å². The van der Waals surface area contributed by atoms with Crippen LogP contribution in [0.15, 0.2) is 41.8 Å². The molecule has 134 valence electrons. The number of hydrogen-bond donors (Lipinski definition) is 0. The quantitative estimate of drug-likeness (QED) is 0.749. The fourth-order valence-corrected chi connectivity index (χ4v) is 5.42. The number of carbonyl (C=O) groups is 1. The summed E-state index contributed by atoms with van der Waals surface area (Å²) in [5.74, 6) is 0.330. The van der Waals surface area contributed by atoms with Crippen LogP contribution in [0.5, 0.6) is 5.75 Å². The monoisotopic (exact) mass is 399 g/mol. The summed E-state index contributed by atoms with van der Waals surface area (Å²) in [7, 11) is -3.08. The molecule has 0 bridgehead atoms. The second-order valence-corrected chi connectivity index (χ2v) is 9.55. The Kier molecular flexibility index (Phi) is 5.66. The number of para-hydroxylation sites is 1. The van der Waals surface area contributed by atoms with Crippen LogP contribution in [0.4, 0.5) is 0 Å². The van der Waals surface area contributed by atoms with Gasteiger partial charge in [0.25, 0.3) is 5.91 Å². The van der Waals surface area contributed by atoms with Crippen LogP contribution in [0, 0.1) is 0 Å². The summed E-state index contributed by atoms with van der Waals surface area (Å²) in [5.41, 5.74) is 0. The number of rotatable bonds is 6. The van der Waals surface area contributed by atoms with E-state index >= 15 is 0 Å². The minimum atomic E-state index is -3.08. The van der Waals surface area contributed by atoms with Gasteiger partial charge in [-0.15, -0.1) is 11.3 Å². The third kappa shape index (κ3) is 4.74. The van der Waals surface area contributed by atoms with E-state index in [-0.39, 0.29) is 30.1 Å². The second kappa shape index (κ2) is 7.76. The predicted octanol–water partition coefficient (Wildman–Crippen LogP) is 3.00. The summed E-state index contributed by atoms with van der Waals surface area (Å²) in [6.45, 7) is 0.216. The highest BCUT2D eigenvalue weighted by atomic mass is 35.5. The van der Waals surface area contributed by atoms with Gasteiger partial charge in [-0.3, -0.25) is 4.79 Å². The first-order valence-corrected chi connectivity index (χ1v) is 10.9. The minimum absolute atomic E-state index is 0.0101. The van der Waals surface area contributed by atoms with Crippen molar-refractivity contribution in [3.8, 4) is 5.75 Å². The number of carbonyl (C=O) groups excluding carboxylic acids is 1. The number of sulfone groups is 1. The van der Waals surface area contributed by atoms with Crippen LogP contribution >= 0.6 is 22.9 Å². The van der Waals surface area contributed by atoms with Crippen LogP contribution in [0.2, 0.25) is 5.02 Å². The van der Waals surface area contributed by atoms with Gasteiger partial charge >= 0.3 is 0 Å². The van der Waals surface area contributed by atoms with E-state index in [1.165, 1.54) is 11.3 Å². The Labute approximate surface area is 156 Å². The molecule has 1 aromatic carbocycles. The third-order valence-corrected chi connectivity index (χ3v) is 6.99. The Bertz CT molecular complexity index is 836. The molecule has 0 radical (unpaired) electrons. The lowest BCUT2D eigenvalue weighted by atomic mass is 10.2. The van der Waals surface area contributed by atoms with Crippen molar-refractivity contribution in [2.45, 2.75) is 19.0 Å². The maximum absolute atomic E-state index is 12.7. The van der Waals surface area contributed by atoms with Crippen molar-refractivity contribution in [1.29, 1.82) is 0 Å². The number of thiophene rings is 1. The molecule has 5 nitrogen and oxygen atoms in total. The topological polar surface area (TPSA) is 63.7 Å². The summed E-state index contributed by atoms with van der Waals surface area (Å²) in [5, 5.41) is 2.37. The number of nitrogens with zero attached hydrogens (tertiary/aromatic N) is 1. The van der Waals surface area contributed by atoms with E-state index in [9.17, 15) is 13.2 Å². The normalized spacial score (nSPS) is 18.8. The molecule has 1 aliphatic rings. The van der Waals surface area contributed by atoms with Gasteiger partial charge < -0.3 is 9.64 Å². The highest BCUT2D eigenvalue weighted by Gasteiger charge is 2.35. The predicted molar refractivity (Wildman–Crippen MR) is 98.9 cm³/mol. The zero-order chi connectivity index (χ0) is 17.9. The van der Waals surface area contributed by atoms with Gasteiger partial charge in [-0.2, -0.15) is 0 Å². The zero-order valence-corrected chi connectivity index (χ0v) is 15.8. The lowest BCUT2D eigenvalue weighted by molar-refractivity contribution is -0.135. The van der Waals surface area contributed by atoms with Crippen LogP contribution in [0.25, 0.3) is 0 Å². The van der Waals surface area contributed by atoms with E-state index in [0.29, 0.717) is 23.7 Å². The molecule has 0 N–H and O–H groups in total. The Balaban J connectivity index is 1.71. The summed E-state index contributed by atoms with van der Waals surface area (Å²) < 4.78 is 29.2. The molecule has 1 atom stereocenters. The Morgan fingerprint density at radius 1 is 1.28 bits per heavy atom. The van der Waals surface area contributed by atoms with Gasteiger partial charge in [0, 0.05) is 10.9 Å². The van der Waals surface area contributed by atoms with Gasteiger partial charge in [-0.05, 0) is 30.0 Å². The number of amides is 1. The molecule has 2 heterocycles. The highest BCUT2D eigenvalue weighted by molar-refractivity contribution is 7.91. The van der Waals surface area contributed by atoms with E-state index in [1.54, 1.807) is 29.2 Å². The van der Waals surface area contributed by atoms with Gasteiger partial charge in [0.1, 0.15) is 5.75 Å². The molecule has 1 amide bonds. The van der Waals surface area contributed by atoms with E-state index in [4.69, 9.17) is 16.3 Å². The number of ether oxygens (including phenoxy) is 1. The summed E-state index contributed by atoms with van der Waals surface area (Å²) in [6, 6.07) is 10.5. The van der Waals surface area contributed by atoms with Crippen LogP contribution in [0.3, 0.4) is 0 Å². The first-order chi connectivity index (χ1) is 11.9. The zero-order valence-electron chi connectivity index (χ0n) is 13.4. The molecule has 2 aromatic rings. The first kappa shape index (κ1) is 18.2. The molecule has 0 saturated carbocycles. The Hall–Kier alpha value is -1.57. The van der Waals surface area contributed by atoms with E-state index in [1.807, 2.05) is 17.5 Å². The molecule has 1 aromatic heterocycles. The van der Waals surface area contributed by atoms with Crippen molar-refractivity contribution in [3.05, 3.63) is 51.7 Å². The Morgan fingerprint density at radius 2 is 2.08 bits per heavy atom. The number of hydrogen-bond acceptors (Lipinski definition) is 5. The molecule has 25 heavy (non-hydrogen) atoms. The van der Waals surface area contributed by atoms with Crippen molar-refractivity contribution >= 4 is 38.7 Å². The van der Waals surface area contributed by atoms with Gasteiger partial charge in [-0.25, -0.2) is 8.42 Å². The Morgan fingerprint density at radius 3 is 2.72 bits per heavy atom. The minimum Gasteiger partial charge on any atom is -0.482 e. The molecule has 0 unspecified atom stereocenters. The fourth-order valence-electron chi connectivity index (χ4n) is 2.80. The molecule has 3 rings (SSSR count). The van der Waals surface area contributed by atoms with E-state index in [0.717, 1.165) is 4.88 Å². The third-order valence-electron chi connectivity index (χ3n) is 4.06. The lowest BCUT2D eigenvalue weighted by Crippen LogP contribution is -2.42. The lowest BCUT2D eigenvalue weighted by Gasteiger charge is -2.28. The maximum Gasteiger partial charge on any atom is 0.261 e. The van der Waals surface area contributed by atoms with Gasteiger partial charge in [-0.1, -0.05) is 29.8 Å². The number of halogens is 1. The van der Waals surface area contributed by atoms with Crippen LogP contribution < -0.4 is 4.74 Å². The van der Waals surface area contributed by atoms with Crippen molar-refractivity contribution < 1.29 is 17.9 Å². The van der Waals surface area contributed by atoms with Crippen molar-refractivity contribution in [1.82, 2.24) is 4.90 Å². The van der Waals surface area contributed by atoms with Crippen molar-refractivity contribution in [2.24, 2.45) is 0 Å². The molecule has 8 heteroatoms. The average Bonchev–Trinajstić information content (AvgIpc) is 3.20. The van der Waals surface area contributed by atoms with E-state index in [2.05, 4.69) is 0 Å². The average molecular weight is 400 g/mol. The van der Waals surface area contributed by atoms with Crippen molar-refractivity contribution in [2.75, 3.05) is 18.1 Å². The smallest absolute Gasteiger partial charge is 0.261 e. The van der Waals surface area contributed by atoms with Gasteiger partial charge in [0.15, 0.2) is 16.4 Å². The summed E-state index contributed by atoms with van der Waals surface area (Å²) in [6.07, 6.45) is 0.464. The van der Waals surface area contributed by atoms with Gasteiger partial charge in [0.05, 0.1) is 23.1 Å². The second-order valence-electron chi connectivity index (χ2n) is 5.88. The summed E-state index contributed by atoms with van der Waals surface area (Å²) in [4.78, 5) is 15.3. The molecule has 1 fully saturated rings. The van der Waals surface area contributed by atoms with Gasteiger partial charge in [0.2, 0.25) is 0 Å². The van der Waals surface area contributed by atoms with Crippen molar-refractivity contribution in [3.63, 3.8) is 0 Å². The standard InChI is InChI=1S/C17H18ClNO4S2/c18-15-5-1-2-6-16(15)23-11-17(20)19(10-14-4-3-8-24-14)13-7-9-25(21,22)12-13/h1-6,8,13H,7,9-12H2/t13-/m0/s1. The first-order valence-electron chi connectivity index (χ1n) is 7.84. The van der Waals surface area contributed by atoms with Crippen LogP contribution in [-0.4, -0.2) is 43.4 Å². The van der Waals surface area contributed by atoms with E-state index < -0.39 is 9.84 Å². The molecular formula is C17H18ClNO4S2. The summed E-state index contributed by atoms with van der Waals surface area (Å²) >= 11 is 7.58. The fraction of sp³-hybridized carbons (Fsp3) is 0.353. The highest BCUT2D eigenvalue weighted by Crippen LogP contribution is 2.25. The van der Waals surface area contributed by atoms with Crippen LogP contribution in [-0.2, 0) is 21.2 Å². The largest absolute Gasteiger partial charge is 0.482 e. The molecule has 1 aliphatic heterocycles. The molecule has 1 saturated heterocycles. The maximum atomic E-state index is 12.7. The molecule has 0 spiro atoms.